The van der Waals surface area contributed by atoms with E-state index in [-0.39, 0.29) is 43.9 Å². The molecule has 47 heavy (non-hydrogen) atoms. The maximum Gasteiger partial charge on any atom is 0.434 e. The van der Waals surface area contributed by atoms with Crippen molar-refractivity contribution in [1.29, 1.82) is 0 Å². The average molecular weight is 786 g/mol. The summed E-state index contributed by atoms with van der Waals surface area (Å²) in [6.45, 7) is 3.22. The molecule has 0 spiro atoms. The number of hydrogen-bond acceptors (Lipinski definition) is 8. The highest BCUT2D eigenvalue weighted by atomic mass is 79.9. The summed E-state index contributed by atoms with van der Waals surface area (Å²) in [5.74, 6) is -2.06. The van der Waals surface area contributed by atoms with E-state index in [0.717, 1.165) is 32.4 Å². The molecule has 3 aromatic carbocycles. The van der Waals surface area contributed by atoms with Crippen molar-refractivity contribution in [2.45, 2.75) is 26.1 Å². The van der Waals surface area contributed by atoms with Crippen molar-refractivity contribution in [2.75, 3.05) is 7.11 Å². The number of nitro benzene ring substituents is 1. The molecule has 18 heteroatoms. The third-order valence-corrected chi connectivity index (χ3v) is 7.42. The smallest absolute Gasteiger partial charge is 0.434 e. The van der Waals surface area contributed by atoms with Crippen LogP contribution in [0.5, 0.6) is 11.5 Å². The molecule has 0 unspecified atom stereocenters. The molecule has 4 aromatic rings. The minimum atomic E-state index is -4.69. The molecule has 250 valence electrons. The van der Waals surface area contributed by atoms with Crippen molar-refractivity contribution < 1.29 is 46.3 Å². The van der Waals surface area contributed by atoms with E-state index in [2.05, 4.69) is 25.8 Å². The standard InChI is InChI=1S/C15H12BrClF4N2O2.C14H9Cl2NO5/c1-6(2)25-14(24)7-4-8(10(18)5-9(7)17)12-11(16)13(15(19,20)21)23(3)22-12;1-21-14(18)10-7-9(3-4-12(10)17(19)20)22-13-5-2-8(15)6-11(13)16/h4-6H,1-3H3;2-7H,1H3. The molecule has 0 bridgehead atoms. The average Bonchev–Trinajstić information content (AvgIpc) is 3.27. The van der Waals surface area contributed by atoms with Crippen LogP contribution in [0.15, 0.2) is 53.0 Å². The molecule has 0 fully saturated rings. The van der Waals surface area contributed by atoms with Gasteiger partial charge in [0, 0.05) is 29.8 Å². The van der Waals surface area contributed by atoms with E-state index in [0.29, 0.717) is 15.5 Å². The van der Waals surface area contributed by atoms with Gasteiger partial charge in [0.1, 0.15) is 28.6 Å². The lowest BCUT2D eigenvalue weighted by molar-refractivity contribution is -0.385. The Balaban J connectivity index is 0.000000257. The Bertz CT molecular complexity index is 1850. The number of benzene rings is 3. The lowest BCUT2D eigenvalue weighted by atomic mass is 10.1. The second-order valence-electron chi connectivity index (χ2n) is 9.50. The molecule has 1 aromatic heterocycles. The van der Waals surface area contributed by atoms with Gasteiger partial charge in [-0.05, 0) is 66.2 Å². The fourth-order valence-electron chi connectivity index (χ4n) is 3.84. The summed E-state index contributed by atoms with van der Waals surface area (Å²) in [4.78, 5) is 33.9. The summed E-state index contributed by atoms with van der Waals surface area (Å²) in [5, 5.41) is 15.1. The van der Waals surface area contributed by atoms with E-state index >= 15 is 0 Å². The number of alkyl halides is 3. The van der Waals surface area contributed by atoms with E-state index in [9.17, 15) is 37.3 Å². The molecule has 0 aliphatic rings. The van der Waals surface area contributed by atoms with Gasteiger partial charge in [-0.15, -0.1) is 0 Å². The van der Waals surface area contributed by atoms with Gasteiger partial charge in [0.2, 0.25) is 0 Å². The number of halogens is 8. The lowest BCUT2D eigenvalue weighted by Crippen LogP contribution is -2.12. The number of ether oxygens (including phenoxy) is 3. The van der Waals surface area contributed by atoms with E-state index < -0.39 is 45.1 Å². The van der Waals surface area contributed by atoms with Crippen LogP contribution in [-0.2, 0) is 22.7 Å². The highest BCUT2D eigenvalue weighted by Gasteiger charge is 2.39. The Labute approximate surface area is 287 Å². The van der Waals surface area contributed by atoms with Gasteiger partial charge < -0.3 is 14.2 Å². The van der Waals surface area contributed by atoms with E-state index in [4.69, 9.17) is 44.3 Å². The van der Waals surface area contributed by atoms with Crippen LogP contribution in [0.2, 0.25) is 15.1 Å². The zero-order chi connectivity index (χ0) is 35.4. The number of carbonyl (C=O) groups is 2. The molecule has 0 aliphatic carbocycles. The first-order chi connectivity index (χ1) is 21.8. The zero-order valence-electron chi connectivity index (χ0n) is 24.4. The number of hydrogen-bond donors (Lipinski definition) is 0. The summed E-state index contributed by atoms with van der Waals surface area (Å²) in [7, 11) is 2.22. The minimum Gasteiger partial charge on any atom is -0.465 e. The predicted octanol–water partition coefficient (Wildman–Crippen LogP) is 9.71. The second-order valence-corrected chi connectivity index (χ2v) is 11.5. The van der Waals surface area contributed by atoms with Crippen LogP contribution in [0.4, 0.5) is 23.2 Å². The SMILES string of the molecule is CC(C)OC(=O)c1cc(-c2nn(C)c(C(F)(F)F)c2Br)c(F)cc1Cl.COC(=O)c1cc(Oc2ccc(Cl)cc2Cl)ccc1[N+](=O)[O-]. The van der Waals surface area contributed by atoms with Crippen molar-refractivity contribution in [3.63, 3.8) is 0 Å². The number of nitro groups is 1. The van der Waals surface area contributed by atoms with Crippen LogP contribution in [0.3, 0.4) is 0 Å². The fraction of sp³-hybridized carbons (Fsp3) is 0.207. The topological polar surface area (TPSA) is 123 Å². The number of rotatable bonds is 7. The number of esters is 2. The van der Waals surface area contributed by atoms with Crippen molar-refractivity contribution in [1.82, 2.24) is 9.78 Å². The lowest BCUT2D eigenvalue weighted by Gasteiger charge is -2.11. The quantitative estimate of drug-likeness (QED) is 0.0786. The number of aromatic nitrogens is 2. The molecule has 0 atom stereocenters. The molecular weight excluding hydrogens is 765 g/mol. The van der Waals surface area contributed by atoms with Crippen molar-refractivity contribution in [3.8, 4) is 22.8 Å². The van der Waals surface area contributed by atoms with Gasteiger partial charge >= 0.3 is 18.1 Å². The maximum atomic E-state index is 14.3. The summed E-state index contributed by atoms with van der Waals surface area (Å²) >= 11 is 20.4. The highest BCUT2D eigenvalue weighted by molar-refractivity contribution is 9.10. The van der Waals surface area contributed by atoms with E-state index in [1.807, 2.05) is 0 Å². The molecule has 10 nitrogen and oxygen atoms in total. The van der Waals surface area contributed by atoms with Crippen molar-refractivity contribution in [3.05, 3.63) is 101 Å². The van der Waals surface area contributed by atoms with Gasteiger partial charge in [0.05, 0.1) is 38.2 Å². The molecule has 1 heterocycles. The van der Waals surface area contributed by atoms with E-state index in [1.54, 1.807) is 26.0 Å². The van der Waals surface area contributed by atoms with Gasteiger partial charge in [-0.1, -0.05) is 34.8 Å². The van der Waals surface area contributed by atoms with Crippen molar-refractivity contribution in [2.24, 2.45) is 7.05 Å². The largest absolute Gasteiger partial charge is 0.465 e. The van der Waals surface area contributed by atoms with Gasteiger partial charge in [0.25, 0.3) is 5.69 Å². The molecule has 4 rings (SSSR count). The summed E-state index contributed by atoms with van der Waals surface area (Å²) in [6, 6.07) is 10.2. The summed E-state index contributed by atoms with van der Waals surface area (Å²) < 4.78 is 68.7. The Hall–Kier alpha value is -3.92. The zero-order valence-corrected chi connectivity index (χ0v) is 28.3. The molecule has 0 aliphatic heterocycles. The van der Waals surface area contributed by atoms with Gasteiger partial charge in [-0.3, -0.25) is 14.8 Å². The van der Waals surface area contributed by atoms with E-state index in [1.165, 1.54) is 18.2 Å². The Morgan fingerprint density at radius 1 is 1.00 bits per heavy atom. The monoisotopic (exact) mass is 783 g/mol. The van der Waals surface area contributed by atoms with Crippen molar-refractivity contribution >= 4 is 68.4 Å². The van der Waals surface area contributed by atoms with Crippen LogP contribution in [0.1, 0.15) is 40.3 Å². The molecule has 0 amide bonds. The van der Waals surface area contributed by atoms with Crippen LogP contribution in [-0.4, -0.2) is 39.9 Å². The first-order valence-electron chi connectivity index (χ1n) is 12.8. The normalized spacial score (nSPS) is 11.1. The van der Waals surface area contributed by atoms with Crippen LogP contribution < -0.4 is 4.74 Å². The van der Waals surface area contributed by atoms with Gasteiger partial charge in [-0.2, -0.15) is 18.3 Å². The fourth-order valence-corrected chi connectivity index (χ4v) is 5.29. The predicted molar refractivity (Wildman–Crippen MR) is 168 cm³/mol. The molecule has 0 saturated carbocycles. The number of nitrogens with zero attached hydrogens (tertiary/aromatic N) is 3. The summed E-state index contributed by atoms with van der Waals surface area (Å²) in [6.07, 6.45) is -5.14. The summed E-state index contributed by atoms with van der Waals surface area (Å²) in [5.41, 5.74) is -2.45. The van der Waals surface area contributed by atoms with Gasteiger partial charge in [-0.25, -0.2) is 14.0 Å². The Morgan fingerprint density at radius 2 is 1.66 bits per heavy atom. The van der Waals surface area contributed by atoms with Crippen LogP contribution in [0, 0.1) is 15.9 Å². The van der Waals surface area contributed by atoms with Crippen LogP contribution in [0.25, 0.3) is 11.3 Å². The molecule has 0 N–H and O–H groups in total. The minimum absolute atomic E-state index is 0.169. The van der Waals surface area contributed by atoms with Gasteiger partial charge in [0.15, 0.2) is 5.69 Å². The molecule has 0 radical (unpaired) electrons. The maximum absolute atomic E-state index is 14.3. The Kier molecular flexibility index (Phi) is 12.2. The highest BCUT2D eigenvalue weighted by Crippen LogP contribution is 2.41. The number of methoxy groups -OCH3 is 1. The third-order valence-electron chi connectivity index (χ3n) is 5.82. The molecule has 0 saturated heterocycles. The number of aryl methyl sites for hydroxylation is 1. The number of carbonyl (C=O) groups excluding carboxylic acids is 2. The first-order valence-corrected chi connectivity index (χ1v) is 14.8. The second kappa shape index (κ2) is 15.3. The molecular formula is C29H21BrCl3F4N3O7. The third kappa shape index (κ3) is 9.12. The first kappa shape index (κ1) is 37.5. The van der Waals surface area contributed by atoms with Crippen LogP contribution >= 0.6 is 50.7 Å². The Morgan fingerprint density at radius 3 is 2.19 bits per heavy atom.